The molecule has 0 atom stereocenters. The molecule has 0 N–H and O–H groups in total. The summed E-state index contributed by atoms with van der Waals surface area (Å²) in [6.07, 6.45) is 0.801. The summed E-state index contributed by atoms with van der Waals surface area (Å²) in [6, 6.07) is 29.1. The van der Waals surface area contributed by atoms with Gasteiger partial charge in [-0.05, 0) is 103 Å². The summed E-state index contributed by atoms with van der Waals surface area (Å²) in [5.74, 6) is 0. The second-order valence-electron chi connectivity index (χ2n) is 8.79. The number of hydrogen-bond donors (Lipinski definition) is 0. The van der Waals surface area contributed by atoms with Crippen molar-refractivity contribution in [1.82, 2.24) is 0 Å². The topological polar surface area (TPSA) is 47.6 Å². The minimum atomic E-state index is 0.669. The van der Waals surface area contributed by atoms with Crippen molar-refractivity contribution in [3.8, 4) is 34.4 Å². The predicted molar refractivity (Wildman–Crippen MR) is 135 cm³/mol. The summed E-state index contributed by atoms with van der Waals surface area (Å²) < 4.78 is 0. The second kappa shape index (κ2) is 9.15. The maximum atomic E-state index is 9.20. The zero-order chi connectivity index (χ0) is 23.5. The first kappa shape index (κ1) is 22.1. The van der Waals surface area contributed by atoms with Gasteiger partial charge in [0.2, 0.25) is 0 Å². The first-order valence-electron chi connectivity index (χ1n) is 11.1. The molecule has 4 rings (SSSR count). The van der Waals surface area contributed by atoms with Gasteiger partial charge in [0.05, 0.1) is 23.3 Å². The van der Waals surface area contributed by atoms with Crippen molar-refractivity contribution in [2.75, 3.05) is 0 Å². The fraction of sp³-hybridized carbons (Fsp3) is 0.161. The summed E-state index contributed by atoms with van der Waals surface area (Å²) in [4.78, 5) is 0. The molecule has 0 aliphatic carbocycles. The molecular weight excluding hydrogens is 400 g/mol. The lowest BCUT2D eigenvalue weighted by molar-refractivity contribution is 1.15. The molecule has 2 nitrogen and oxygen atoms in total. The number of aryl methyl sites for hydroxylation is 4. The van der Waals surface area contributed by atoms with E-state index in [2.05, 4.69) is 64.1 Å². The molecule has 0 aliphatic heterocycles. The lowest BCUT2D eigenvalue weighted by Gasteiger charge is -2.19. The third kappa shape index (κ3) is 4.57. The lowest BCUT2D eigenvalue weighted by atomic mass is 9.85. The van der Waals surface area contributed by atoms with E-state index in [4.69, 9.17) is 0 Å². The zero-order valence-electron chi connectivity index (χ0n) is 19.5. The van der Waals surface area contributed by atoms with Crippen LogP contribution in [0.3, 0.4) is 0 Å². The Balaban J connectivity index is 1.87. The van der Waals surface area contributed by atoms with Crippen molar-refractivity contribution >= 4 is 0 Å². The van der Waals surface area contributed by atoms with Gasteiger partial charge in [-0.1, -0.05) is 59.7 Å². The average Bonchev–Trinajstić information content (AvgIpc) is 2.79. The smallest absolute Gasteiger partial charge is 0.0991 e. The van der Waals surface area contributed by atoms with E-state index in [0.717, 1.165) is 17.5 Å². The Bertz CT molecular complexity index is 1300. The van der Waals surface area contributed by atoms with E-state index in [1.165, 1.54) is 44.5 Å². The highest BCUT2D eigenvalue weighted by molar-refractivity contribution is 5.76. The van der Waals surface area contributed by atoms with Crippen LogP contribution in [-0.2, 0) is 6.42 Å². The molecule has 0 radical (unpaired) electrons. The van der Waals surface area contributed by atoms with Crippen LogP contribution < -0.4 is 0 Å². The molecule has 4 aromatic carbocycles. The summed E-state index contributed by atoms with van der Waals surface area (Å²) in [5, 5.41) is 18.4. The molecular formula is C31H26N2. The van der Waals surface area contributed by atoms with Crippen molar-refractivity contribution in [1.29, 1.82) is 10.5 Å². The van der Waals surface area contributed by atoms with Crippen LogP contribution in [0.25, 0.3) is 22.3 Å². The Morgan fingerprint density at radius 2 is 0.909 bits per heavy atom. The van der Waals surface area contributed by atoms with Crippen LogP contribution in [0, 0.1) is 50.4 Å². The maximum Gasteiger partial charge on any atom is 0.0991 e. The van der Waals surface area contributed by atoms with Gasteiger partial charge in [0.1, 0.15) is 0 Å². The van der Waals surface area contributed by atoms with E-state index < -0.39 is 0 Å². The van der Waals surface area contributed by atoms with Gasteiger partial charge in [-0.25, -0.2) is 0 Å². The summed E-state index contributed by atoms with van der Waals surface area (Å²) in [6.45, 7) is 8.60. The van der Waals surface area contributed by atoms with Gasteiger partial charge in [-0.2, -0.15) is 10.5 Å². The quantitative estimate of drug-likeness (QED) is 0.337. The monoisotopic (exact) mass is 426 g/mol. The van der Waals surface area contributed by atoms with Crippen molar-refractivity contribution in [2.45, 2.75) is 34.1 Å². The van der Waals surface area contributed by atoms with Gasteiger partial charge in [0, 0.05) is 0 Å². The Morgan fingerprint density at radius 3 is 1.24 bits per heavy atom. The highest BCUT2D eigenvalue weighted by atomic mass is 14.2. The molecule has 0 amide bonds. The number of benzene rings is 4. The molecule has 0 bridgehead atoms. The van der Waals surface area contributed by atoms with E-state index in [-0.39, 0.29) is 0 Å². The molecule has 0 saturated carbocycles. The molecule has 0 aromatic heterocycles. The Morgan fingerprint density at radius 1 is 0.545 bits per heavy atom. The van der Waals surface area contributed by atoms with Crippen LogP contribution in [0.4, 0.5) is 0 Å². The van der Waals surface area contributed by atoms with Crippen LogP contribution in [-0.4, -0.2) is 0 Å². The van der Waals surface area contributed by atoms with Crippen LogP contribution in [0.1, 0.15) is 44.5 Å². The summed E-state index contributed by atoms with van der Waals surface area (Å²) in [5.41, 5.74) is 13.6. The molecule has 0 spiro atoms. The van der Waals surface area contributed by atoms with Crippen molar-refractivity contribution < 1.29 is 0 Å². The fourth-order valence-electron chi connectivity index (χ4n) is 4.84. The van der Waals surface area contributed by atoms with Crippen LogP contribution in [0.15, 0.2) is 72.8 Å². The van der Waals surface area contributed by atoms with Crippen LogP contribution in [0.5, 0.6) is 0 Å². The molecule has 0 unspecified atom stereocenters. The molecule has 0 saturated heterocycles. The highest BCUT2D eigenvalue weighted by Gasteiger charge is 2.15. The van der Waals surface area contributed by atoms with E-state index in [9.17, 15) is 10.5 Å². The van der Waals surface area contributed by atoms with Crippen molar-refractivity contribution in [2.24, 2.45) is 0 Å². The van der Waals surface area contributed by atoms with Gasteiger partial charge in [0.25, 0.3) is 0 Å². The second-order valence-corrected chi connectivity index (χ2v) is 8.79. The maximum absolute atomic E-state index is 9.20. The van der Waals surface area contributed by atoms with E-state index >= 15 is 0 Å². The number of nitrogens with zero attached hydrogens (tertiary/aromatic N) is 2. The Labute approximate surface area is 196 Å². The van der Waals surface area contributed by atoms with Crippen molar-refractivity contribution in [3.63, 3.8) is 0 Å². The fourth-order valence-corrected chi connectivity index (χ4v) is 4.84. The first-order chi connectivity index (χ1) is 15.9. The van der Waals surface area contributed by atoms with Gasteiger partial charge >= 0.3 is 0 Å². The molecule has 0 fully saturated rings. The van der Waals surface area contributed by atoms with Gasteiger partial charge in [-0.15, -0.1) is 0 Å². The summed E-state index contributed by atoms with van der Waals surface area (Å²) >= 11 is 0. The van der Waals surface area contributed by atoms with Gasteiger partial charge in [0.15, 0.2) is 0 Å². The SMILES string of the molecule is Cc1cc(C)c(-c2ccc(C#N)cc2)c(Cc2cc(C)cc(C)c2-c2ccc(C#N)cc2)c1. The van der Waals surface area contributed by atoms with E-state index in [0.29, 0.717) is 11.1 Å². The molecule has 0 aliphatic rings. The third-order valence-electron chi connectivity index (χ3n) is 6.11. The largest absolute Gasteiger partial charge is 0.192 e. The van der Waals surface area contributed by atoms with Gasteiger partial charge < -0.3 is 0 Å². The van der Waals surface area contributed by atoms with Crippen molar-refractivity contribution in [3.05, 3.63) is 117 Å². The normalized spacial score (nSPS) is 10.5. The van der Waals surface area contributed by atoms with Crippen LogP contribution in [0.2, 0.25) is 0 Å². The zero-order valence-corrected chi connectivity index (χ0v) is 19.5. The number of rotatable bonds is 4. The minimum absolute atomic E-state index is 0.669. The lowest BCUT2D eigenvalue weighted by Crippen LogP contribution is -2.00. The molecule has 2 heteroatoms. The standard InChI is InChI=1S/C31H26N2/c1-20-13-22(3)30(26-9-5-24(18-32)6-10-26)28(15-20)17-29-16-21(2)14-23(4)31(29)27-11-7-25(19-33)8-12-27/h5-16H,17H2,1-4H3. The molecule has 0 heterocycles. The van der Waals surface area contributed by atoms with Gasteiger partial charge in [-0.3, -0.25) is 0 Å². The van der Waals surface area contributed by atoms with Crippen LogP contribution >= 0.6 is 0 Å². The molecule has 160 valence electrons. The highest BCUT2D eigenvalue weighted by Crippen LogP contribution is 2.35. The Kier molecular flexibility index (Phi) is 6.12. The number of nitriles is 2. The minimum Gasteiger partial charge on any atom is -0.192 e. The van der Waals surface area contributed by atoms with E-state index in [1.807, 2.05) is 48.5 Å². The summed E-state index contributed by atoms with van der Waals surface area (Å²) in [7, 11) is 0. The van der Waals surface area contributed by atoms with E-state index in [1.54, 1.807) is 0 Å². The average molecular weight is 427 g/mol. The Hall–Kier alpha value is -4.14. The number of hydrogen-bond acceptors (Lipinski definition) is 2. The molecule has 33 heavy (non-hydrogen) atoms. The predicted octanol–water partition coefficient (Wildman–Crippen LogP) is 7.59. The first-order valence-corrected chi connectivity index (χ1v) is 11.1. The molecule has 4 aromatic rings. The third-order valence-corrected chi connectivity index (χ3v) is 6.11.